The molecule has 1 unspecified atom stereocenters. The van der Waals surface area contributed by atoms with Crippen molar-refractivity contribution >= 4 is 5.91 Å². The maximum absolute atomic E-state index is 13.0. The van der Waals surface area contributed by atoms with E-state index in [1.807, 2.05) is 20.0 Å². The molecule has 1 atom stereocenters. The normalized spacial score (nSPS) is 12.2. The third-order valence-corrected chi connectivity index (χ3v) is 3.29. The maximum Gasteiger partial charge on any atom is 0.226 e. The number of carbonyl (C=O) groups is 1. The Balaban J connectivity index is 2.50. The number of nitrogens with one attached hydrogen (secondary N) is 1. The first-order valence-electron chi connectivity index (χ1n) is 6.72. The molecule has 0 saturated heterocycles. The van der Waals surface area contributed by atoms with E-state index in [0.717, 1.165) is 12.0 Å². The molecule has 0 radical (unpaired) electrons. The quantitative estimate of drug-likeness (QED) is 0.819. The van der Waals surface area contributed by atoms with E-state index in [4.69, 9.17) is 0 Å². The van der Waals surface area contributed by atoms with Gasteiger partial charge in [-0.3, -0.25) is 4.79 Å². The molecule has 0 heterocycles. The number of likely N-dealkylation sites (N-methyl/N-ethyl adjacent to an activating group) is 1. The molecule has 1 rings (SSSR count). The van der Waals surface area contributed by atoms with Crippen LogP contribution in [0.1, 0.15) is 18.9 Å². The molecular weight excluding hydrogens is 243 g/mol. The highest BCUT2D eigenvalue weighted by Crippen LogP contribution is 2.08. The van der Waals surface area contributed by atoms with Gasteiger partial charge in [-0.1, -0.05) is 19.1 Å². The molecule has 0 aliphatic rings. The minimum atomic E-state index is -0.229. The predicted molar refractivity (Wildman–Crippen MR) is 75.4 cm³/mol. The van der Waals surface area contributed by atoms with Crippen LogP contribution in [0.4, 0.5) is 4.39 Å². The summed E-state index contributed by atoms with van der Waals surface area (Å²) in [4.78, 5) is 13.9. The molecule has 0 aromatic heterocycles. The van der Waals surface area contributed by atoms with Gasteiger partial charge in [-0.15, -0.1) is 0 Å². The average molecular weight is 266 g/mol. The second-order valence-electron chi connectivity index (χ2n) is 4.80. The molecule has 0 aliphatic carbocycles. The lowest BCUT2D eigenvalue weighted by atomic mass is 10.0. The Labute approximate surface area is 114 Å². The van der Waals surface area contributed by atoms with Gasteiger partial charge in [0.15, 0.2) is 0 Å². The van der Waals surface area contributed by atoms with Gasteiger partial charge in [-0.05, 0) is 37.6 Å². The number of nitrogens with zero attached hydrogens (tertiary/aromatic N) is 1. The second kappa shape index (κ2) is 7.89. The van der Waals surface area contributed by atoms with Crippen molar-refractivity contribution in [1.82, 2.24) is 10.2 Å². The van der Waals surface area contributed by atoms with Crippen molar-refractivity contribution < 1.29 is 9.18 Å². The molecule has 1 aromatic carbocycles. The highest BCUT2D eigenvalue weighted by Gasteiger charge is 2.19. The van der Waals surface area contributed by atoms with Gasteiger partial charge in [-0.2, -0.15) is 0 Å². The van der Waals surface area contributed by atoms with E-state index in [-0.39, 0.29) is 17.6 Å². The van der Waals surface area contributed by atoms with Gasteiger partial charge in [0.05, 0.1) is 5.92 Å². The van der Waals surface area contributed by atoms with E-state index in [0.29, 0.717) is 19.5 Å². The zero-order valence-corrected chi connectivity index (χ0v) is 11.9. The summed E-state index contributed by atoms with van der Waals surface area (Å²) in [7, 11) is 3.66. The van der Waals surface area contributed by atoms with Crippen molar-refractivity contribution in [3.8, 4) is 0 Å². The zero-order valence-electron chi connectivity index (χ0n) is 11.9. The summed E-state index contributed by atoms with van der Waals surface area (Å²) in [6.45, 7) is 3.32. The topological polar surface area (TPSA) is 32.3 Å². The molecule has 0 bridgehead atoms. The maximum atomic E-state index is 13.0. The second-order valence-corrected chi connectivity index (χ2v) is 4.80. The standard InChI is InChI=1S/C15H23FN2O/c1-4-13(11-17-2)15(19)18(3)9-8-12-6-5-7-14(16)10-12/h5-7,10,13,17H,4,8-9,11H2,1-3H3. The molecule has 0 aliphatic heterocycles. The lowest BCUT2D eigenvalue weighted by molar-refractivity contribution is -0.134. The summed E-state index contributed by atoms with van der Waals surface area (Å²) in [6, 6.07) is 6.52. The SMILES string of the molecule is CCC(CNC)C(=O)N(C)CCc1cccc(F)c1. The first-order valence-corrected chi connectivity index (χ1v) is 6.72. The largest absolute Gasteiger partial charge is 0.345 e. The van der Waals surface area contributed by atoms with Crippen LogP contribution < -0.4 is 5.32 Å². The van der Waals surface area contributed by atoms with Gasteiger partial charge >= 0.3 is 0 Å². The van der Waals surface area contributed by atoms with Crippen molar-refractivity contribution in [2.24, 2.45) is 5.92 Å². The fourth-order valence-electron chi connectivity index (χ4n) is 2.06. The fourth-order valence-corrected chi connectivity index (χ4v) is 2.06. The first kappa shape index (κ1) is 15.6. The van der Waals surface area contributed by atoms with Crippen LogP contribution in [-0.2, 0) is 11.2 Å². The van der Waals surface area contributed by atoms with Crippen LogP contribution in [0, 0.1) is 11.7 Å². The number of rotatable bonds is 7. The Kier molecular flexibility index (Phi) is 6.50. The fraction of sp³-hybridized carbons (Fsp3) is 0.533. The van der Waals surface area contributed by atoms with Crippen molar-refractivity contribution in [1.29, 1.82) is 0 Å². The van der Waals surface area contributed by atoms with Crippen molar-refractivity contribution in [3.05, 3.63) is 35.6 Å². The van der Waals surface area contributed by atoms with Crippen LogP contribution >= 0.6 is 0 Å². The molecule has 4 heteroatoms. The number of hydrogen-bond donors (Lipinski definition) is 1. The van der Waals surface area contributed by atoms with E-state index in [9.17, 15) is 9.18 Å². The molecule has 19 heavy (non-hydrogen) atoms. The Morgan fingerprint density at radius 1 is 1.47 bits per heavy atom. The summed E-state index contributed by atoms with van der Waals surface area (Å²) in [5.74, 6) is -0.0659. The molecule has 1 N–H and O–H groups in total. The summed E-state index contributed by atoms with van der Waals surface area (Å²) in [6.07, 6.45) is 1.50. The van der Waals surface area contributed by atoms with E-state index >= 15 is 0 Å². The minimum Gasteiger partial charge on any atom is -0.345 e. The molecule has 106 valence electrons. The lowest BCUT2D eigenvalue weighted by Gasteiger charge is -2.23. The first-order chi connectivity index (χ1) is 9.08. The van der Waals surface area contributed by atoms with Crippen molar-refractivity contribution in [2.75, 3.05) is 27.2 Å². The van der Waals surface area contributed by atoms with Gasteiger partial charge in [-0.25, -0.2) is 4.39 Å². The van der Waals surface area contributed by atoms with Gasteiger partial charge < -0.3 is 10.2 Å². The Morgan fingerprint density at radius 3 is 2.79 bits per heavy atom. The van der Waals surface area contributed by atoms with Crippen LogP contribution in [0.2, 0.25) is 0 Å². The minimum absolute atomic E-state index is 0.0162. The highest BCUT2D eigenvalue weighted by atomic mass is 19.1. The van der Waals surface area contributed by atoms with Gasteiger partial charge in [0.2, 0.25) is 5.91 Å². The third-order valence-electron chi connectivity index (χ3n) is 3.29. The van der Waals surface area contributed by atoms with Gasteiger partial charge in [0, 0.05) is 20.1 Å². The molecule has 0 spiro atoms. The van der Waals surface area contributed by atoms with Crippen molar-refractivity contribution in [2.45, 2.75) is 19.8 Å². The van der Waals surface area contributed by atoms with Gasteiger partial charge in [0.1, 0.15) is 5.82 Å². The molecule has 0 saturated carbocycles. The number of benzene rings is 1. The third kappa shape index (κ3) is 4.99. The smallest absolute Gasteiger partial charge is 0.226 e. The van der Waals surface area contributed by atoms with Gasteiger partial charge in [0.25, 0.3) is 0 Å². The summed E-state index contributed by atoms with van der Waals surface area (Å²) in [5.41, 5.74) is 0.918. The van der Waals surface area contributed by atoms with Crippen LogP contribution in [0.25, 0.3) is 0 Å². The average Bonchev–Trinajstić information content (AvgIpc) is 2.41. The van der Waals surface area contributed by atoms with Crippen LogP contribution in [0.3, 0.4) is 0 Å². The molecule has 0 fully saturated rings. The van der Waals surface area contributed by atoms with Crippen LogP contribution in [-0.4, -0.2) is 38.0 Å². The van der Waals surface area contributed by atoms with E-state index in [1.54, 1.807) is 18.0 Å². The van der Waals surface area contributed by atoms with E-state index in [2.05, 4.69) is 5.32 Å². The highest BCUT2D eigenvalue weighted by molar-refractivity contribution is 5.78. The summed E-state index contributed by atoms with van der Waals surface area (Å²) in [5, 5.41) is 3.04. The zero-order chi connectivity index (χ0) is 14.3. The molecule has 3 nitrogen and oxygen atoms in total. The number of carbonyl (C=O) groups excluding carboxylic acids is 1. The van der Waals surface area contributed by atoms with Crippen molar-refractivity contribution in [3.63, 3.8) is 0 Å². The summed E-state index contributed by atoms with van der Waals surface area (Å²) >= 11 is 0. The molecular formula is C15H23FN2O. The summed E-state index contributed by atoms with van der Waals surface area (Å²) < 4.78 is 13.0. The Morgan fingerprint density at radius 2 is 2.21 bits per heavy atom. The Hall–Kier alpha value is -1.42. The lowest BCUT2D eigenvalue weighted by Crippen LogP contribution is -2.38. The number of hydrogen-bond acceptors (Lipinski definition) is 2. The van der Waals surface area contributed by atoms with E-state index in [1.165, 1.54) is 12.1 Å². The van der Waals surface area contributed by atoms with Crippen LogP contribution in [0.5, 0.6) is 0 Å². The number of halogens is 1. The molecule has 1 amide bonds. The predicted octanol–water partition coefficient (Wildman–Crippen LogP) is 2.07. The number of amides is 1. The monoisotopic (exact) mass is 266 g/mol. The Bertz CT molecular complexity index is 409. The molecule has 1 aromatic rings. The van der Waals surface area contributed by atoms with E-state index < -0.39 is 0 Å². The van der Waals surface area contributed by atoms with Crippen LogP contribution in [0.15, 0.2) is 24.3 Å².